The van der Waals surface area contributed by atoms with E-state index < -0.39 is 6.04 Å². The molecule has 0 bridgehead atoms. The minimum absolute atomic E-state index is 0.0825. The zero-order valence-corrected chi connectivity index (χ0v) is 30.4. The quantitative estimate of drug-likeness (QED) is 0.281. The standard InChI is InChI=1S/C41H44N6O6/c1-44-22-32(29-6-9-42-18-31(29)39(44)50)24-14-35(52-2)33(36(15-24)53-3)23-45-10-7-41(8-11-45)16-28(17-41)46-19-25-12-27-21-47(34-4-5-37(48)43-38(34)49)40(51)30(27)13-26(25)20-46/h6,9,12-15,18,22,28,34H,4-5,7-8,10-11,16-17,19-21,23H2,1-3H3,(H,43,48,49). The Balaban J connectivity index is 0.831. The smallest absolute Gasteiger partial charge is 0.259 e. The molecule has 274 valence electrons. The summed E-state index contributed by atoms with van der Waals surface area (Å²) in [6.45, 7) is 4.92. The van der Waals surface area contributed by atoms with E-state index in [0.717, 1.165) is 84.7 Å². The molecule has 6 heterocycles. The number of imide groups is 1. The van der Waals surface area contributed by atoms with E-state index in [-0.39, 0.29) is 29.7 Å². The summed E-state index contributed by atoms with van der Waals surface area (Å²) in [6.07, 6.45) is 10.5. The van der Waals surface area contributed by atoms with Gasteiger partial charge in [-0.15, -0.1) is 0 Å². The first-order valence-electron chi connectivity index (χ1n) is 18.6. The summed E-state index contributed by atoms with van der Waals surface area (Å²) in [5.41, 5.74) is 7.34. The molecule has 12 heteroatoms. The van der Waals surface area contributed by atoms with Gasteiger partial charge in [-0.3, -0.25) is 39.3 Å². The maximum atomic E-state index is 13.4. The van der Waals surface area contributed by atoms with E-state index in [2.05, 4.69) is 32.2 Å². The number of piperidine rings is 2. The molecular formula is C41H44N6O6. The van der Waals surface area contributed by atoms with Crippen LogP contribution in [0.15, 0.2) is 53.7 Å². The third-order valence-corrected chi connectivity index (χ3v) is 12.6. The van der Waals surface area contributed by atoms with E-state index in [0.29, 0.717) is 35.4 Å². The van der Waals surface area contributed by atoms with Gasteiger partial charge in [0, 0.05) is 75.4 Å². The van der Waals surface area contributed by atoms with Crippen LogP contribution in [0.1, 0.15) is 71.1 Å². The van der Waals surface area contributed by atoms with Gasteiger partial charge < -0.3 is 18.9 Å². The topological polar surface area (TPSA) is 126 Å². The summed E-state index contributed by atoms with van der Waals surface area (Å²) < 4.78 is 13.5. The average Bonchev–Trinajstić information content (AvgIpc) is 3.71. The minimum atomic E-state index is -0.585. The van der Waals surface area contributed by atoms with Crippen molar-refractivity contribution in [3.05, 3.63) is 87.1 Å². The van der Waals surface area contributed by atoms with Crippen molar-refractivity contribution in [3.8, 4) is 22.6 Å². The van der Waals surface area contributed by atoms with Crippen molar-refractivity contribution in [2.24, 2.45) is 12.5 Å². The highest BCUT2D eigenvalue weighted by Gasteiger charge is 2.49. The second-order valence-corrected chi connectivity index (χ2v) is 15.7. The molecule has 1 aliphatic carbocycles. The number of methoxy groups -OCH3 is 2. The van der Waals surface area contributed by atoms with E-state index in [1.165, 1.54) is 24.0 Å². The molecule has 1 N–H and O–H groups in total. The van der Waals surface area contributed by atoms with Gasteiger partial charge in [0.1, 0.15) is 17.5 Å². The Morgan fingerprint density at radius 2 is 1.60 bits per heavy atom. The Hall–Kier alpha value is -5.07. The number of carbonyl (C=O) groups excluding carboxylic acids is 3. The zero-order chi connectivity index (χ0) is 36.6. The number of aryl methyl sites for hydroxylation is 1. The molecule has 1 atom stereocenters. The molecule has 4 aromatic rings. The van der Waals surface area contributed by atoms with Crippen molar-refractivity contribution in [1.29, 1.82) is 0 Å². The molecule has 3 fully saturated rings. The molecule has 1 unspecified atom stereocenters. The van der Waals surface area contributed by atoms with Gasteiger partial charge >= 0.3 is 0 Å². The fourth-order valence-corrected chi connectivity index (χ4v) is 9.61. The van der Waals surface area contributed by atoms with Gasteiger partial charge in [0.15, 0.2) is 0 Å². The molecular weight excluding hydrogens is 672 g/mol. The lowest BCUT2D eigenvalue weighted by molar-refractivity contribution is -0.136. The van der Waals surface area contributed by atoms with Crippen LogP contribution in [0, 0.1) is 5.41 Å². The van der Waals surface area contributed by atoms with E-state index in [9.17, 15) is 19.2 Å². The lowest BCUT2D eigenvalue weighted by Crippen LogP contribution is -2.53. The number of benzene rings is 2. The minimum Gasteiger partial charge on any atom is -0.496 e. The number of likely N-dealkylation sites (tertiary alicyclic amines) is 1. The molecule has 4 aliphatic heterocycles. The van der Waals surface area contributed by atoms with Crippen LogP contribution >= 0.6 is 0 Å². The summed E-state index contributed by atoms with van der Waals surface area (Å²) >= 11 is 0. The molecule has 1 spiro atoms. The molecule has 12 nitrogen and oxygen atoms in total. The predicted molar refractivity (Wildman–Crippen MR) is 197 cm³/mol. The largest absolute Gasteiger partial charge is 0.496 e. The van der Waals surface area contributed by atoms with E-state index >= 15 is 0 Å². The maximum Gasteiger partial charge on any atom is 0.259 e. The van der Waals surface area contributed by atoms with Gasteiger partial charge in [-0.2, -0.15) is 0 Å². The molecule has 53 heavy (non-hydrogen) atoms. The van der Waals surface area contributed by atoms with Crippen LogP contribution in [0.3, 0.4) is 0 Å². The molecule has 5 aliphatic rings. The third kappa shape index (κ3) is 5.70. The number of hydrogen-bond acceptors (Lipinski definition) is 9. The number of ether oxygens (including phenoxy) is 2. The zero-order valence-electron chi connectivity index (χ0n) is 30.4. The molecule has 2 aromatic carbocycles. The van der Waals surface area contributed by atoms with Crippen LogP contribution in [0.2, 0.25) is 0 Å². The van der Waals surface area contributed by atoms with Crippen molar-refractivity contribution in [3.63, 3.8) is 0 Å². The second kappa shape index (κ2) is 12.8. The summed E-state index contributed by atoms with van der Waals surface area (Å²) in [7, 11) is 5.15. The van der Waals surface area contributed by atoms with Crippen molar-refractivity contribution in [2.75, 3.05) is 27.3 Å². The van der Waals surface area contributed by atoms with Crippen molar-refractivity contribution in [1.82, 2.24) is 29.6 Å². The summed E-state index contributed by atoms with van der Waals surface area (Å²) in [6, 6.07) is 10.2. The molecule has 3 amide bonds. The molecule has 9 rings (SSSR count). The van der Waals surface area contributed by atoms with Gasteiger partial charge in [-0.1, -0.05) is 6.07 Å². The highest BCUT2D eigenvalue weighted by Crippen LogP contribution is 2.53. The van der Waals surface area contributed by atoms with Gasteiger partial charge in [-0.05, 0) is 103 Å². The first-order valence-corrected chi connectivity index (χ1v) is 18.6. The number of hydrogen-bond donors (Lipinski definition) is 1. The summed E-state index contributed by atoms with van der Waals surface area (Å²) in [4.78, 5) is 61.2. The Labute approximate surface area is 307 Å². The van der Waals surface area contributed by atoms with Crippen LogP contribution < -0.4 is 20.3 Å². The number of aromatic nitrogens is 2. The molecule has 1 saturated carbocycles. The van der Waals surface area contributed by atoms with Crippen molar-refractivity contribution in [2.45, 2.75) is 76.8 Å². The van der Waals surface area contributed by atoms with Gasteiger partial charge in [-0.25, -0.2) is 0 Å². The monoisotopic (exact) mass is 716 g/mol. The summed E-state index contributed by atoms with van der Waals surface area (Å²) in [5, 5.41) is 3.81. The number of amides is 3. The van der Waals surface area contributed by atoms with Gasteiger partial charge in [0.05, 0.1) is 25.2 Å². The number of nitrogens with zero attached hydrogens (tertiary/aromatic N) is 5. The molecule has 2 aromatic heterocycles. The van der Waals surface area contributed by atoms with Crippen LogP contribution in [-0.4, -0.2) is 81.4 Å². The highest BCUT2D eigenvalue weighted by molar-refractivity contribution is 6.05. The highest BCUT2D eigenvalue weighted by atomic mass is 16.5. The van der Waals surface area contributed by atoms with Crippen LogP contribution in [0.25, 0.3) is 21.9 Å². The maximum absolute atomic E-state index is 13.4. The average molecular weight is 717 g/mol. The Morgan fingerprint density at radius 3 is 2.30 bits per heavy atom. The number of rotatable bonds is 7. The lowest BCUT2D eigenvalue weighted by Gasteiger charge is -2.54. The Bertz CT molecular complexity index is 2220. The van der Waals surface area contributed by atoms with Crippen molar-refractivity contribution >= 4 is 28.5 Å². The third-order valence-electron chi connectivity index (χ3n) is 12.6. The summed E-state index contributed by atoms with van der Waals surface area (Å²) in [5.74, 6) is 0.792. The van der Waals surface area contributed by atoms with E-state index in [1.807, 2.05) is 24.4 Å². The van der Waals surface area contributed by atoms with Crippen LogP contribution in [-0.2, 0) is 42.8 Å². The second-order valence-electron chi connectivity index (χ2n) is 15.7. The Morgan fingerprint density at radius 1 is 0.887 bits per heavy atom. The normalized spacial score (nSPS) is 21.5. The van der Waals surface area contributed by atoms with Gasteiger partial charge in [0.25, 0.3) is 11.5 Å². The van der Waals surface area contributed by atoms with E-state index in [1.54, 1.807) is 43.1 Å². The number of nitrogens with one attached hydrogen (secondary N) is 1. The number of pyridine rings is 2. The first-order chi connectivity index (χ1) is 25.6. The van der Waals surface area contributed by atoms with Gasteiger partial charge in [0.2, 0.25) is 11.8 Å². The Kier molecular flexibility index (Phi) is 8.15. The van der Waals surface area contributed by atoms with Crippen molar-refractivity contribution < 1.29 is 23.9 Å². The first kappa shape index (κ1) is 33.7. The molecule has 0 radical (unpaired) electrons. The number of fused-ring (bicyclic) bond motifs is 3. The SMILES string of the molecule is COc1cc(-c2cn(C)c(=O)c3cnccc23)cc(OC)c1CN1CCC2(CC1)CC(N1Cc3cc4c(cc3C1)C(=O)N(C1CCC(=O)NC1=O)C4)C2. The lowest BCUT2D eigenvalue weighted by atomic mass is 9.60. The number of carbonyl (C=O) groups is 3. The fraction of sp³-hybridized carbons (Fsp3) is 0.439. The van der Waals surface area contributed by atoms with E-state index in [4.69, 9.17) is 9.47 Å². The molecule has 2 saturated heterocycles. The van der Waals surface area contributed by atoms with Crippen LogP contribution in [0.5, 0.6) is 11.5 Å². The fourth-order valence-electron chi connectivity index (χ4n) is 9.61. The predicted octanol–water partition coefficient (Wildman–Crippen LogP) is 4.14. The van der Waals surface area contributed by atoms with Crippen LogP contribution in [0.4, 0.5) is 0 Å².